The molecule has 0 atom stereocenters. The lowest BCUT2D eigenvalue weighted by Crippen LogP contribution is -1.97. The Bertz CT molecular complexity index is 505. The Morgan fingerprint density at radius 1 is 1.29 bits per heavy atom. The quantitative estimate of drug-likeness (QED) is 0.876. The lowest BCUT2D eigenvalue weighted by Gasteiger charge is -2.04. The number of benzene rings is 1. The molecule has 0 aliphatic carbocycles. The van der Waals surface area contributed by atoms with Crippen molar-refractivity contribution < 1.29 is 0 Å². The average Bonchev–Trinajstić information content (AvgIpc) is 2.38. The summed E-state index contributed by atoms with van der Waals surface area (Å²) >= 11 is 5.24. The van der Waals surface area contributed by atoms with Gasteiger partial charge in [0.25, 0.3) is 0 Å². The maximum atomic E-state index is 4.38. The van der Waals surface area contributed by atoms with Crippen LogP contribution in [-0.4, -0.2) is 17.0 Å². The van der Waals surface area contributed by atoms with Crippen molar-refractivity contribution >= 4 is 33.5 Å². The van der Waals surface area contributed by atoms with Crippen LogP contribution in [0.25, 0.3) is 0 Å². The van der Waals surface area contributed by atoms with Gasteiger partial charge < -0.3 is 5.32 Å². The minimum Gasteiger partial charge on any atom is -0.373 e. The standard InChI is InChI=1S/C12H12BrN3S/c1-14-11-6-7-15-12(16-11)8-17-10-5-3-2-4-9(10)13/h2-7H,8H2,1H3,(H,14,15,16). The summed E-state index contributed by atoms with van der Waals surface area (Å²) in [7, 11) is 1.85. The molecule has 3 nitrogen and oxygen atoms in total. The molecule has 0 bridgehead atoms. The molecule has 1 heterocycles. The molecule has 1 aromatic carbocycles. The molecule has 1 N–H and O–H groups in total. The maximum absolute atomic E-state index is 4.38. The predicted molar refractivity (Wildman–Crippen MR) is 75.3 cm³/mol. The summed E-state index contributed by atoms with van der Waals surface area (Å²) in [6, 6.07) is 10.0. The Morgan fingerprint density at radius 3 is 2.88 bits per heavy atom. The van der Waals surface area contributed by atoms with Crippen LogP contribution in [0.2, 0.25) is 0 Å². The second-order valence-corrected chi connectivity index (χ2v) is 5.20. The van der Waals surface area contributed by atoms with Crippen LogP contribution in [0, 0.1) is 0 Å². The van der Waals surface area contributed by atoms with E-state index >= 15 is 0 Å². The van der Waals surface area contributed by atoms with Gasteiger partial charge in [-0.25, -0.2) is 9.97 Å². The fraction of sp³-hybridized carbons (Fsp3) is 0.167. The molecule has 0 saturated heterocycles. The SMILES string of the molecule is CNc1ccnc(CSc2ccccc2Br)n1. The van der Waals surface area contributed by atoms with E-state index in [0.29, 0.717) is 0 Å². The summed E-state index contributed by atoms with van der Waals surface area (Å²) in [6.45, 7) is 0. The van der Waals surface area contributed by atoms with Gasteiger partial charge in [-0.1, -0.05) is 12.1 Å². The molecule has 0 aliphatic rings. The van der Waals surface area contributed by atoms with Gasteiger partial charge in [-0.3, -0.25) is 0 Å². The second-order valence-electron chi connectivity index (χ2n) is 3.33. The smallest absolute Gasteiger partial charge is 0.140 e. The van der Waals surface area contributed by atoms with Crippen LogP contribution in [-0.2, 0) is 5.75 Å². The van der Waals surface area contributed by atoms with Crippen LogP contribution in [0.5, 0.6) is 0 Å². The lowest BCUT2D eigenvalue weighted by atomic mass is 10.4. The molecule has 0 unspecified atom stereocenters. The summed E-state index contributed by atoms with van der Waals surface area (Å²) < 4.78 is 1.11. The highest BCUT2D eigenvalue weighted by Crippen LogP contribution is 2.28. The zero-order chi connectivity index (χ0) is 12.1. The summed E-state index contributed by atoms with van der Waals surface area (Å²) in [4.78, 5) is 9.82. The molecule has 0 spiro atoms. The van der Waals surface area contributed by atoms with Crippen LogP contribution >= 0.6 is 27.7 Å². The van der Waals surface area contributed by atoms with Crippen molar-refractivity contribution in [2.75, 3.05) is 12.4 Å². The van der Waals surface area contributed by atoms with Gasteiger partial charge in [-0.05, 0) is 34.1 Å². The molecule has 0 aliphatic heterocycles. The maximum Gasteiger partial charge on any atom is 0.140 e. The van der Waals surface area contributed by atoms with E-state index in [4.69, 9.17) is 0 Å². The van der Waals surface area contributed by atoms with Crippen LogP contribution in [0.3, 0.4) is 0 Å². The summed E-state index contributed by atoms with van der Waals surface area (Å²) in [5, 5.41) is 3.01. The third kappa shape index (κ3) is 3.44. The van der Waals surface area contributed by atoms with E-state index in [1.807, 2.05) is 31.3 Å². The number of aromatic nitrogens is 2. The van der Waals surface area contributed by atoms with Gasteiger partial charge in [0, 0.05) is 22.6 Å². The highest BCUT2D eigenvalue weighted by atomic mass is 79.9. The molecule has 1 aromatic heterocycles. The van der Waals surface area contributed by atoms with Gasteiger partial charge in [-0.2, -0.15) is 0 Å². The minimum atomic E-state index is 0.762. The first-order valence-electron chi connectivity index (χ1n) is 5.16. The van der Waals surface area contributed by atoms with E-state index in [-0.39, 0.29) is 0 Å². The number of hydrogen-bond donors (Lipinski definition) is 1. The molecular weight excluding hydrogens is 298 g/mol. The van der Waals surface area contributed by atoms with Crippen LogP contribution < -0.4 is 5.32 Å². The van der Waals surface area contributed by atoms with E-state index in [1.54, 1.807) is 18.0 Å². The first-order chi connectivity index (χ1) is 8.29. The first kappa shape index (κ1) is 12.4. The molecule has 0 amide bonds. The van der Waals surface area contributed by atoms with E-state index in [1.165, 1.54) is 4.90 Å². The van der Waals surface area contributed by atoms with Crippen molar-refractivity contribution in [3.8, 4) is 0 Å². The van der Waals surface area contributed by atoms with Crippen molar-refractivity contribution in [2.45, 2.75) is 10.6 Å². The highest BCUT2D eigenvalue weighted by Gasteiger charge is 2.02. The lowest BCUT2D eigenvalue weighted by molar-refractivity contribution is 1.03. The molecule has 17 heavy (non-hydrogen) atoms. The third-order valence-electron chi connectivity index (χ3n) is 2.16. The monoisotopic (exact) mass is 309 g/mol. The van der Waals surface area contributed by atoms with Crippen molar-refractivity contribution in [3.05, 3.63) is 46.8 Å². The van der Waals surface area contributed by atoms with Gasteiger partial charge in [0.2, 0.25) is 0 Å². The summed E-state index contributed by atoms with van der Waals surface area (Å²) in [5.74, 6) is 2.44. The van der Waals surface area contributed by atoms with E-state index in [2.05, 4.69) is 37.3 Å². The van der Waals surface area contributed by atoms with Crippen LogP contribution in [0.1, 0.15) is 5.82 Å². The molecular formula is C12H12BrN3S. The molecule has 2 aromatic rings. The first-order valence-corrected chi connectivity index (χ1v) is 6.94. The number of anilines is 1. The Hall–Kier alpha value is -1.07. The fourth-order valence-electron chi connectivity index (χ4n) is 1.31. The minimum absolute atomic E-state index is 0.762. The molecule has 2 rings (SSSR count). The number of rotatable bonds is 4. The van der Waals surface area contributed by atoms with Gasteiger partial charge >= 0.3 is 0 Å². The van der Waals surface area contributed by atoms with Crippen LogP contribution in [0.15, 0.2) is 45.9 Å². The van der Waals surface area contributed by atoms with E-state index in [0.717, 1.165) is 21.9 Å². The number of nitrogens with zero attached hydrogens (tertiary/aromatic N) is 2. The van der Waals surface area contributed by atoms with Crippen molar-refractivity contribution in [1.29, 1.82) is 0 Å². The molecule has 0 fully saturated rings. The van der Waals surface area contributed by atoms with Crippen molar-refractivity contribution in [3.63, 3.8) is 0 Å². The second kappa shape index (κ2) is 6.02. The third-order valence-corrected chi connectivity index (χ3v) is 4.18. The number of nitrogens with one attached hydrogen (secondary N) is 1. The van der Waals surface area contributed by atoms with Crippen molar-refractivity contribution in [1.82, 2.24) is 9.97 Å². The Kier molecular flexibility index (Phi) is 4.39. The van der Waals surface area contributed by atoms with Gasteiger partial charge in [0.15, 0.2) is 0 Å². The normalized spacial score (nSPS) is 10.2. The fourth-order valence-corrected chi connectivity index (χ4v) is 2.74. The largest absolute Gasteiger partial charge is 0.373 e. The van der Waals surface area contributed by atoms with Crippen molar-refractivity contribution in [2.24, 2.45) is 0 Å². The van der Waals surface area contributed by atoms with Crippen LogP contribution in [0.4, 0.5) is 5.82 Å². The number of hydrogen-bond acceptors (Lipinski definition) is 4. The zero-order valence-electron chi connectivity index (χ0n) is 9.35. The Morgan fingerprint density at radius 2 is 2.12 bits per heavy atom. The Labute approximate surface area is 113 Å². The summed E-state index contributed by atoms with van der Waals surface area (Å²) in [5.41, 5.74) is 0. The molecule has 5 heteroatoms. The van der Waals surface area contributed by atoms with Gasteiger partial charge in [0.1, 0.15) is 11.6 Å². The zero-order valence-corrected chi connectivity index (χ0v) is 11.8. The molecule has 88 valence electrons. The summed E-state index contributed by atoms with van der Waals surface area (Å²) in [6.07, 6.45) is 1.77. The Balaban J connectivity index is 2.05. The number of thioether (sulfide) groups is 1. The number of halogens is 1. The van der Waals surface area contributed by atoms with E-state index in [9.17, 15) is 0 Å². The predicted octanol–water partition coefficient (Wildman–Crippen LogP) is 3.57. The van der Waals surface area contributed by atoms with Gasteiger partial charge in [0.05, 0.1) is 5.75 Å². The topological polar surface area (TPSA) is 37.8 Å². The highest BCUT2D eigenvalue weighted by molar-refractivity contribution is 9.10. The molecule has 0 saturated carbocycles. The average molecular weight is 310 g/mol. The molecule has 0 radical (unpaired) electrons. The van der Waals surface area contributed by atoms with Gasteiger partial charge in [-0.15, -0.1) is 11.8 Å². The van der Waals surface area contributed by atoms with E-state index < -0.39 is 0 Å².